The van der Waals surface area contributed by atoms with Gasteiger partial charge in [0.25, 0.3) is 0 Å². The molecule has 2 aliphatic heterocycles. The molecule has 122 valence electrons. The molecule has 2 heterocycles. The number of aryl methyl sites for hydroxylation is 1. The zero-order valence-electron chi connectivity index (χ0n) is 13.2. The second-order valence-corrected chi connectivity index (χ2v) is 6.26. The summed E-state index contributed by atoms with van der Waals surface area (Å²) < 4.78 is 0. The highest BCUT2D eigenvalue weighted by Crippen LogP contribution is 2.20. The van der Waals surface area contributed by atoms with Crippen molar-refractivity contribution in [2.75, 3.05) is 25.0 Å². The van der Waals surface area contributed by atoms with E-state index >= 15 is 0 Å². The van der Waals surface area contributed by atoms with Crippen LogP contribution in [0.4, 0.5) is 5.69 Å². The first-order valence-electron chi connectivity index (χ1n) is 8.10. The molecule has 2 atom stereocenters. The molecule has 0 saturated carbocycles. The van der Waals surface area contributed by atoms with Crippen molar-refractivity contribution in [1.82, 2.24) is 10.2 Å². The molecule has 2 bridgehead atoms. The molecule has 2 fully saturated rings. The van der Waals surface area contributed by atoms with Crippen molar-refractivity contribution in [2.24, 2.45) is 0 Å². The summed E-state index contributed by atoms with van der Waals surface area (Å²) in [4.78, 5) is 14.5. The van der Waals surface area contributed by atoms with E-state index in [0.29, 0.717) is 18.6 Å². The Hall–Kier alpha value is -1.10. The number of anilines is 1. The van der Waals surface area contributed by atoms with E-state index in [4.69, 9.17) is 0 Å². The fraction of sp³-hybridized carbons (Fsp3) is 0.588. The van der Waals surface area contributed by atoms with Crippen LogP contribution in [0, 0.1) is 0 Å². The maximum atomic E-state index is 12.2. The van der Waals surface area contributed by atoms with E-state index in [2.05, 4.69) is 34.6 Å². The van der Waals surface area contributed by atoms with Gasteiger partial charge < -0.3 is 10.6 Å². The van der Waals surface area contributed by atoms with Crippen molar-refractivity contribution < 1.29 is 4.79 Å². The van der Waals surface area contributed by atoms with Crippen LogP contribution < -0.4 is 10.6 Å². The molecule has 0 spiro atoms. The predicted octanol–water partition coefficient (Wildman–Crippen LogP) is 2.44. The minimum absolute atomic E-state index is 0. The van der Waals surface area contributed by atoms with Gasteiger partial charge in [0.15, 0.2) is 0 Å². The molecule has 22 heavy (non-hydrogen) atoms. The summed E-state index contributed by atoms with van der Waals surface area (Å²) in [5, 5.41) is 6.65. The Kier molecular flexibility index (Phi) is 6.24. The average Bonchev–Trinajstić information content (AvgIpc) is 2.82. The minimum Gasteiger partial charge on any atom is -0.325 e. The highest BCUT2D eigenvalue weighted by Gasteiger charge is 2.29. The van der Waals surface area contributed by atoms with Gasteiger partial charge in [0.05, 0.1) is 6.54 Å². The summed E-state index contributed by atoms with van der Waals surface area (Å²) in [6, 6.07) is 9.37. The van der Waals surface area contributed by atoms with Crippen LogP contribution >= 0.6 is 12.4 Å². The molecule has 4 nitrogen and oxygen atoms in total. The van der Waals surface area contributed by atoms with Gasteiger partial charge in [0.1, 0.15) is 0 Å². The third kappa shape index (κ3) is 4.45. The molecule has 1 amide bonds. The van der Waals surface area contributed by atoms with Crippen molar-refractivity contribution in [3.8, 4) is 0 Å². The van der Waals surface area contributed by atoms with Gasteiger partial charge in [-0.25, -0.2) is 0 Å². The second kappa shape index (κ2) is 7.95. The van der Waals surface area contributed by atoms with Crippen LogP contribution in [0.5, 0.6) is 0 Å². The first kappa shape index (κ1) is 17.3. The lowest BCUT2D eigenvalue weighted by atomic mass is 10.1. The lowest BCUT2D eigenvalue weighted by molar-refractivity contribution is -0.117. The van der Waals surface area contributed by atoms with E-state index in [0.717, 1.165) is 31.6 Å². The fourth-order valence-electron chi connectivity index (χ4n) is 3.39. The quantitative estimate of drug-likeness (QED) is 0.894. The second-order valence-electron chi connectivity index (χ2n) is 6.26. The predicted molar refractivity (Wildman–Crippen MR) is 92.7 cm³/mol. The molecule has 1 aromatic rings. The van der Waals surface area contributed by atoms with Gasteiger partial charge in [-0.15, -0.1) is 12.4 Å². The van der Waals surface area contributed by atoms with Crippen LogP contribution in [0.15, 0.2) is 24.3 Å². The number of carbonyl (C=O) groups is 1. The number of nitrogens with one attached hydrogen (secondary N) is 2. The Labute approximate surface area is 139 Å². The Morgan fingerprint density at radius 1 is 1.23 bits per heavy atom. The van der Waals surface area contributed by atoms with Gasteiger partial charge in [-0.3, -0.25) is 9.69 Å². The van der Waals surface area contributed by atoms with Crippen molar-refractivity contribution in [3.63, 3.8) is 0 Å². The number of rotatable bonds is 4. The average molecular weight is 324 g/mol. The normalized spacial score (nSPS) is 24.4. The molecule has 0 aliphatic carbocycles. The number of likely N-dealkylation sites (tertiary alicyclic amines) is 1. The van der Waals surface area contributed by atoms with E-state index in [1.807, 2.05) is 12.1 Å². The molecular weight excluding hydrogens is 298 g/mol. The molecule has 2 saturated heterocycles. The Balaban J connectivity index is 0.00000176. The number of hydrogen-bond donors (Lipinski definition) is 2. The van der Waals surface area contributed by atoms with Gasteiger partial charge in [-0.05, 0) is 43.4 Å². The molecular formula is C17H26ClN3O. The monoisotopic (exact) mass is 323 g/mol. The van der Waals surface area contributed by atoms with Crippen LogP contribution in [-0.2, 0) is 11.2 Å². The summed E-state index contributed by atoms with van der Waals surface area (Å²) in [6.45, 7) is 4.66. The van der Waals surface area contributed by atoms with Crippen LogP contribution in [0.25, 0.3) is 0 Å². The highest BCUT2D eigenvalue weighted by atomic mass is 35.5. The van der Waals surface area contributed by atoms with Crippen LogP contribution in [0.3, 0.4) is 0 Å². The smallest absolute Gasteiger partial charge is 0.238 e. The lowest BCUT2D eigenvalue weighted by Crippen LogP contribution is -2.39. The number of hydrogen-bond acceptors (Lipinski definition) is 3. The van der Waals surface area contributed by atoms with E-state index in [1.165, 1.54) is 18.4 Å². The first-order valence-corrected chi connectivity index (χ1v) is 8.10. The summed E-state index contributed by atoms with van der Waals surface area (Å²) >= 11 is 0. The van der Waals surface area contributed by atoms with E-state index < -0.39 is 0 Å². The molecule has 2 unspecified atom stereocenters. The summed E-state index contributed by atoms with van der Waals surface area (Å²) in [5.41, 5.74) is 2.19. The van der Waals surface area contributed by atoms with Crippen molar-refractivity contribution in [1.29, 1.82) is 0 Å². The largest absolute Gasteiger partial charge is 0.325 e. The SMILES string of the molecule is CCc1ccc(NC(=O)CN2CCC3CCC(C2)N3)cc1.Cl. The minimum atomic E-state index is 0. The summed E-state index contributed by atoms with van der Waals surface area (Å²) in [5.74, 6) is 0.0945. The zero-order valence-corrected chi connectivity index (χ0v) is 14.0. The molecule has 0 radical (unpaired) electrons. The standard InChI is InChI=1S/C17H25N3O.ClH/c1-2-13-3-5-14(6-4-13)19-17(21)12-20-10-9-15-7-8-16(11-20)18-15;/h3-6,15-16,18H,2,7-12H2,1H3,(H,19,21);1H. The number of fused-ring (bicyclic) bond motifs is 2. The van der Waals surface area contributed by atoms with Gasteiger partial charge in [0.2, 0.25) is 5.91 Å². The maximum Gasteiger partial charge on any atom is 0.238 e. The number of halogens is 1. The molecule has 1 aromatic carbocycles. The molecule has 5 heteroatoms. The fourth-order valence-corrected chi connectivity index (χ4v) is 3.39. The van der Waals surface area contributed by atoms with E-state index in [9.17, 15) is 4.79 Å². The van der Waals surface area contributed by atoms with Crippen molar-refractivity contribution >= 4 is 24.0 Å². The van der Waals surface area contributed by atoms with Crippen LogP contribution in [0.1, 0.15) is 31.7 Å². The number of benzene rings is 1. The highest BCUT2D eigenvalue weighted by molar-refractivity contribution is 5.92. The third-order valence-electron chi connectivity index (χ3n) is 4.62. The summed E-state index contributed by atoms with van der Waals surface area (Å²) in [7, 11) is 0. The van der Waals surface area contributed by atoms with Crippen molar-refractivity contribution in [2.45, 2.75) is 44.7 Å². The molecule has 3 rings (SSSR count). The van der Waals surface area contributed by atoms with Gasteiger partial charge in [-0.1, -0.05) is 19.1 Å². The van der Waals surface area contributed by atoms with E-state index in [1.54, 1.807) is 0 Å². The number of carbonyl (C=O) groups excluding carboxylic acids is 1. The van der Waals surface area contributed by atoms with Crippen LogP contribution in [0.2, 0.25) is 0 Å². The molecule has 2 aliphatic rings. The Morgan fingerprint density at radius 2 is 1.95 bits per heavy atom. The number of amides is 1. The topological polar surface area (TPSA) is 44.4 Å². The Bertz CT molecular complexity index is 491. The van der Waals surface area contributed by atoms with Gasteiger partial charge >= 0.3 is 0 Å². The van der Waals surface area contributed by atoms with Gasteiger partial charge in [0, 0.05) is 30.9 Å². The lowest BCUT2D eigenvalue weighted by Gasteiger charge is -2.23. The maximum absolute atomic E-state index is 12.2. The van der Waals surface area contributed by atoms with E-state index in [-0.39, 0.29) is 18.3 Å². The van der Waals surface area contributed by atoms with Crippen molar-refractivity contribution in [3.05, 3.63) is 29.8 Å². The van der Waals surface area contributed by atoms with Gasteiger partial charge in [-0.2, -0.15) is 0 Å². The molecule has 0 aromatic heterocycles. The summed E-state index contributed by atoms with van der Waals surface area (Å²) in [6.07, 6.45) is 4.74. The Morgan fingerprint density at radius 3 is 2.68 bits per heavy atom. The van der Waals surface area contributed by atoms with Crippen LogP contribution in [-0.4, -0.2) is 42.5 Å². The number of nitrogens with zero attached hydrogens (tertiary/aromatic N) is 1. The first-order chi connectivity index (χ1) is 10.2. The molecule has 2 N–H and O–H groups in total. The zero-order chi connectivity index (χ0) is 14.7. The third-order valence-corrected chi connectivity index (χ3v) is 4.62.